The van der Waals surface area contributed by atoms with Gasteiger partial charge in [-0.05, 0) is 25.2 Å². The fraction of sp³-hybridized carbons (Fsp3) is 0.750. The highest BCUT2D eigenvalue weighted by molar-refractivity contribution is 4.84. The summed E-state index contributed by atoms with van der Waals surface area (Å²) in [5, 5.41) is 9.16. The summed E-state index contributed by atoms with van der Waals surface area (Å²) in [6, 6.07) is 0. The molecule has 0 saturated heterocycles. The summed E-state index contributed by atoms with van der Waals surface area (Å²) in [7, 11) is 0. The van der Waals surface area contributed by atoms with Gasteiger partial charge < -0.3 is 5.11 Å². The second-order valence-corrected chi connectivity index (χ2v) is 2.82. The van der Waals surface area contributed by atoms with Gasteiger partial charge in [-0.15, -0.1) is 6.58 Å². The van der Waals surface area contributed by atoms with Crippen molar-refractivity contribution in [1.29, 1.82) is 0 Å². The van der Waals surface area contributed by atoms with Crippen molar-refractivity contribution < 1.29 is 5.11 Å². The Hall–Kier alpha value is -0.300. The summed E-state index contributed by atoms with van der Waals surface area (Å²) >= 11 is 0. The molecule has 1 saturated carbocycles. The first kappa shape index (κ1) is 6.81. The molecule has 1 fully saturated rings. The normalized spacial score (nSPS) is 36.1. The van der Waals surface area contributed by atoms with Gasteiger partial charge in [0.1, 0.15) is 0 Å². The Kier molecular flexibility index (Phi) is 2.29. The van der Waals surface area contributed by atoms with E-state index in [1.54, 1.807) is 0 Å². The molecule has 1 aliphatic rings. The van der Waals surface area contributed by atoms with Crippen LogP contribution in [0.1, 0.15) is 25.7 Å². The Morgan fingerprint density at radius 2 is 2.22 bits per heavy atom. The van der Waals surface area contributed by atoms with Crippen LogP contribution in [-0.2, 0) is 0 Å². The van der Waals surface area contributed by atoms with E-state index in [0.717, 1.165) is 19.3 Å². The molecule has 0 radical (unpaired) electrons. The van der Waals surface area contributed by atoms with Gasteiger partial charge in [-0.25, -0.2) is 0 Å². The molecule has 1 heteroatoms. The minimum absolute atomic E-state index is 0.0539. The van der Waals surface area contributed by atoms with Crippen LogP contribution in [0.15, 0.2) is 12.7 Å². The summed E-state index contributed by atoms with van der Waals surface area (Å²) in [6.45, 7) is 3.71. The van der Waals surface area contributed by atoms with E-state index >= 15 is 0 Å². The highest BCUT2D eigenvalue weighted by Gasteiger charge is 2.16. The molecular weight excluding hydrogens is 112 g/mol. The van der Waals surface area contributed by atoms with E-state index in [1.807, 2.05) is 6.08 Å². The minimum Gasteiger partial charge on any atom is -0.393 e. The number of aliphatic hydroxyl groups excluding tert-OH is 1. The quantitative estimate of drug-likeness (QED) is 0.530. The van der Waals surface area contributed by atoms with Crippen LogP contribution in [-0.4, -0.2) is 11.2 Å². The Bertz CT molecular complexity index is 98.7. The molecule has 0 aromatic rings. The van der Waals surface area contributed by atoms with Gasteiger partial charge >= 0.3 is 0 Å². The van der Waals surface area contributed by atoms with Crippen molar-refractivity contribution in [3.8, 4) is 0 Å². The maximum absolute atomic E-state index is 9.16. The third kappa shape index (κ3) is 1.83. The predicted octanol–water partition coefficient (Wildman–Crippen LogP) is 1.72. The second kappa shape index (κ2) is 3.02. The molecule has 1 N–H and O–H groups in total. The zero-order valence-corrected chi connectivity index (χ0v) is 5.71. The molecule has 1 rings (SSSR count). The first-order valence-electron chi connectivity index (χ1n) is 3.63. The van der Waals surface area contributed by atoms with Crippen LogP contribution in [0.5, 0.6) is 0 Å². The lowest BCUT2D eigenvalue weighted by Crippen LogP contribution is -2.17. The molecular formula is C8H14O. The van der Waals surface area contributed by atoms with Crippen molar-refractivity contribution >= 4 is 0 Å². The van der Waals surface area contributed by atoms with Crippen LogP contribution in [0, 0.1) is 5.92 Å². The molecule has 0 heterocycles. The first-order chi connectivity index (χ1) is 4.33. The zero-order chi connectivity index (χ0) is 6.69. The van der Waals surface area contributed by atoms with Gasteiger partial charge in [-0.2, -0.15) is 0 Å². The van der Waals surface area contributed by atoms with E-state index in [4.69, 9.17) is 5.11 Å². The summed E-state index contributed by atoms with van der Waals surface area (Å²) in [5.41, 5.74) is 0. The highest BCUT2D eigenvalue weighted by Crippen LogP contribution is 2.24. The molecule has 0 spiro atoms. The monoisotopic (exact) mass is 126 g/mol. The van der Waals surface area contributed by atoms with Gasteiger partial charge in [0.05, 0.1) is 6.10 Å². The Labute approximate surface area is 56.4 Å². The molecule has 9 heavy (non-hydrogen) atoms. The lowest BCUT2D eigenvalue weighted by Gasteiger charge is -2.22. The van der Waals surface area contributed by atoms with E-state index in [-0.39, 0.29) is 6.10 Å². The average molecular weight is 126 g/mol. The van der Waals surface area contributed by atoms with Crippen LogP contribution in [0.25, 0.3) is 0 Å². The summed E-state index contributed by atoms with van der Waals surface area (Å²) in [4.78, 5) is 0. The SMILES string of the molecule is C=CC1CCC[C@@H](O)C1. The molecule has 1 nitrogen and oxygen atoms in total. The maximum Gasteiger partial charge on any atom is 0.0545 e. The Morgan fingerprint density at radius 1 is 1.44 bits per heavy atom. The van der Waals surface area contributed by atoms with Gasteiger partial charge in [0.25, 0.3) is 0 Å². The third-order valence-corrected chi connectivity index (χ3v) is 2.02. The van der Waals surface area contributed by atoms with E-state index in [2.05, 4.69) is 6.58 Å². The van der Waals surface area contributed by atoms with E-state index in [9.17, 15) is 0 Å². The Balaban J connectivity index is 2.31. The second-order valence-electron chi connectivity index (χ2n) is 2.82. The standard InChI is InChI=1S/C8H14O/c1-2-7-4-3-5-8(9)6-7/h2,7-9H,1,3-6H2/t7?,8-/m1/s1. The van der Waals surface area contributed by atoms with Crippen LogP contribution < -0.4 is 0 Å². The van der Waals surface area contributed by atoms with Crippen molar-refractivity contribution in [2.24, 2.45) is 5.92 Å². The van der Waals surface area contributed by atoms with Crippen molar-refractivity contribution in [3.05, 3.63) is 12.7 Å². The maximum atomic E-state index is 9.16. The lowest BCUT2D eigenvalue weighted by molar-refractivity contribution is 0.113. The zero-order valence-electron chi connectivity index (χ0n) is 5.71. The first-order valence-corrected chi connectivity index (χ1v) is 3.63. The smallest absolute Gasteiger partial charge is 0.0545 e. The summed E-state index contributed by atoms with van der Waals surface area (Å²) in [5.74, 6) is 0.578. The molecule has 0 amide bonds. The molecule has 2 atom stereocenters. The molecule has 0 aliphatic heterocycles. The molecule has 0 aromatic carbocycles. The van der Waals surface area contributed by atoms with Gasteiger partial charge in [-0.1, -0.05) is 12.5 Å². The molecule has 0 aromatic heterocycles. The van der Waals surface area contributed by atoms with E-state index in [0.29, 0.717) is 5.92 Å². The Morgan fingerprint density at radius 3 is 2.67 bits per heavy atom. The van der Waals surface area contributed by atoms with Crippen LogP contribution in [0.3, 0.4) is 0 Å². The molecule has 1 aliphatic carbocycles. The topological polar surface area (TPSA) is 20.2 Å². The number of aliphatic hydroxyl groups is 1. The summed E-state index contributed by atoms with van der Waals surface area (Å²) < 4.78 is 0. The van der Waals surface area contributed by atoms with Crippen LogP contribution in [0.2, 0.25) is 0 Å². The van der Waals surface area contributed by atoms with Gasteiger partial charge in [0.2, 0.25) is 0 Å². The van der Waals surface area contributed by atoms with Crippen molar-refractivity contribution in [3.63, 3.8) is 0 Å². The number of allylic oxidation sites excluding steroid dienone is 1. The lowest BCUT2D eigenvalue weighted by atomic mass is 9.87. The summed E-state index contributed by atoms with van der Waals surface area (Å²) in [6.07, 6.45) is 6.22. The fourth-order valence-electron chi connectivity index (χ4n) is 1.41. The van der Waals surface area contributed by atoms with E-state index < -0.39 is 0 Å². The fourth-order valence-corrected chi connectivity index (χ4v) is 1.41. The van der Waals surface area contributed by atoms with Gasteiger partial charge in [0, 0.05) is 0 Å². The van der Waals surface area contributed by atoms with Crippen molar-refractivity contribution in [2.45, 2.75) is 31.8 Å². The molecule has 0 bridgehead atoms. The molecule has 52 valence electrons. The third-order valence-electron chi connectivity index (χ3n) is 2.02. The van der Waals surface area contributed by atoms with Crippen LogP contribution >= 0.6 is 0 Å². The van der Waals surface area contributed by atoms with Crippen LogP contribution in [0.4, 0.5) is 0 Å². The van der Waals surface area contributed by atoms with Gasteiger partial charge in [-0.3, -0.25) is 0 Å². The number of hydrogen-bond acceptors (Lipinski definition) is 1. The van der Waals surface area contributed by atoms with Crippen molar-refractivity contribution in [1.82, 2.24) is 0 Å². The van der Waals surface area contributed by atoms with Crippen molar-refractivity contribution in [2.75, 3.05) is 0 Å². The highest BCUT2D eigenvalue weighted by atomic mass is 16.3. The predicted molar refractivity (Wildman–Crippen MR) is 38.2 cm³/mol. The minimum atomic E-state index is -0.0539. The largest absolute Gasteiger partial charge is 0.393 e. The average Bonchev–Trinajstić information content (AvgIpc) is 1.88. The molecule has 1 unspecified atom stereocenters. The number of hydrogen-bond donors (Lipinski definition) is 1. The van der Waals surface area contributed by atoms with Gasteiger partial charge in [0.15, 0.2) is 0 Å². The van der Waals surface area contributed by atoms with E-state index in [1.165, 1.54) is 6.42 Å². The number of rotatable bonds is 1.